The molecule has 0 saturated carbocycles. The third kappa shape index (κ3) is 2.48. The highest BCUT2D eigenvalue weighted by Gasteiger charge is 2.45. The summed E-state index contributed by atoms with van der Waals surface area (Å²) >= 11 is 0. The number of aliphatic hydroxyl groups is 3. The third-order valence-electron chi connectivity index (χ3n) is 4.03. The van der Waals surface area contributed by atoms with Crippen LogP contribution >= 0.6 is 0 Å². The van der Waals surface area contributed by atoms with Gasteiger partial charge in [-0.1, -0.05) is 24.3 Å². The predicted molar refractivity (Wildman–Crippen MR) is 76.8 cm³/mol. The van der Waals surface area contributed by atoms with Crippen LogP contribution in [-0.4, -0.2) is 28.2 Å². The molecule has 3 rings (SSSR count). The Labute approximate surface area is 126 Å². The average Bonchev–Trinajstić information content (AvgIpc) is 2.73. The summed E-state index contributed by atoms with van der Waals surface area (Å²) in [5, 5.41) is 30.1. The first-order valence-electron chi connectivity index (χ1n) is 7.11. The molecular formula is C16H17F2NO3. The molecule has 0 aliphatic heterocycles. The Hall–Kier alpha value is -1.60. The maximum Gasteiger partial charge on any atom is 0.299 e. The lowest BCUT2D eigenvalue weighted by atomic mass is 9.95. The Morgan fingerprint density at radius 3 is 2.73 bits per heavy atom. The van der Waals surface area contributed by atoms with E-state index in [1.165, 1.54) is 18.2 Å². The van der Waals surface area contributed by atoms with Crippen molar-refractivity contribution in [2.75, 3.05) is 6.54 Å². The van der Waals surface area contributed by atoms with Crippen LogP contribution in [0.3, 0.4) is 0 Å². The van der Waals surface area contributed by atoms with Crippen molar-refractivity contribution < 1.29 is 24.1 Å². The van der Waals surface area contributed by atoms with Gasteiger partial charge in [0.25, 0.3) is 5.92 Å². The van der Waals surface area contributed by atoms with Crippen LogP contribution in [0.5, 0.6) is 0 Å². The minimum Gasteiger partial charge on any atom is -0.374 e. The minimum absolute atomic E-state index is 0.0396. The molecule has 2 aliphatic carbocycles. The summed E-state index contributed by atoms with van der Waals surface area (Å²) in [5.74, 6) is -3.00. The van der Waals surface area contributed by atoms with Crippen LogP contribution in [0, 0.1) is 0 Å². The Kier molecular flexibility index (Phi) is 3.86. The van der Waals surface area contributed by atoms with Crippen molar-refractivity contribution >= 4 is 5.57 Å². The summed E-state index contributed by atoms with van der Waals surface area (Å²) in [4.78, 5) is 0. The number of nitrogens with one attached hydrogen (secondary N) is 1. The van der Waals surface area contributed by atoms with Crippen LogP contribution in [-0.2, 0) is 5.92 Å². The zero-order chi connectivity index (χ0) is 15.9. The lowest BCUT2D eigenvalue weighted by Crippen LogP contribution is -2.30. The fraction of sp³-hybridized carbons (Fsp3) is 0.375. The van der Waals surface area contributed by atoms with E-state index in [4.69, 9.17) is 10.2 Å². The zero-order valence-corrected chi connectivity index (χ0v) is 11.8. The second-order valence-electron chi connectivity index (χ2n) is 5.50. The molecule has 0 bridgehead atoms. The monoisotopic (exact) mass is 309 g/mol. The standard InChI is InChI=1S/C16H17F2NO3/c17-16(18)12-4-2-1-3-10(12)11-7-9(5-6-13(11)16)15(22)19-8-14(20)21/h2,4-7,14-15,19-22H,1,3,8H2. The van der Waals surface area contributed by atoms with Gasteiger partial charge in [-0.15, -0.1) is 0 Å². The molecule has 1 aromatic rings. The molecule has 0 radical (unpaired) electrons. The van der Waals surface area contributed by atoms with Crippen LogP contribution < -0.4 is 5.32 Å². The molecule has 0 saturated heterocycles. The Balaban J connectivity index is 1.95. The predicted octanol–water partition coefficient (Wildman–Crippen LogP) is 1.79. The van der Waals surface area contributed by atoms with Crippen molar-refractivity contribution in [2.24, 2.45) is 0 Å². The first kappa shape index (κ1) is 15.3. The van der Waals surface area contributed by atoms with Gasteiger partial charge in [0.1, 0.15) is 6.23 Å². The normalized spacial score (nSPS) is 20.3. The van der Waals surface area contributed by atoms with Crippen LogP contribution in [0.1, 0.15) is 35.8 Å². The van der Waals surface area contributed by atoms with Gasteiger partial charge < -0.3 is 15.3 Å². The van der Waals surface area contributed by atoms with E-state index < -0.39 is 18.4 Å². The van der Waals surface area contributed by atoms with E-state index in [9.17, 15) is 13.9 Å². The maximum atomic E-state index is 14.4. The van der Waals surface area contributed by atoms with Gasteiger partial charge in [-0.2, -0.15) is 8.78 Å². The number of halogens is 2. The van der Waals surface area contributed by atoms with E-state index in [0.29, 0.717) is 23.1 Å². The molecule has 22 heavy (non-hydrogen) atoms. The van der Waals surface area contributed by atoms with Crippen molar-refractivity contribution in [1.82, 2.24) is 5.32 Å². The number of fused-ring (bicyclic) bond motifs is 2. The second-order valence-corrected chi connectivity index (χ2v) is 5.50. The van der Waals surface area contributed by atoms with Crippen LogP contribution in [0.25, 0.3) is 5.57 Å². The number of hydrogen-bond acceptors (Lipinski definition) is 4. The number of rotatable bonds is 4. The number of alkyl halides is 2. The molecule has 2 aliphatic rings. The van der Waals surface area contributed by atoms with Gasteiger partial charge in [0.15, 0.2) is 6.29 Å². The fourth-order valence-electron chi connectivity index (χ4n) is 2.97. The highest BCUT2D eigenvalue weighted by atomic mass is 19.3. The smallest absolute Gasteiger partial charge is 0.299 e. The average molecular weight is 309 g/mol. The molecule has 4 nitrogen and oxygen atoms in total. The molecule has 0 spiro atoms. The topological polar surface area (TPSA) is 72.7 Å². The van der Waals surface area contributed by atoms with Crippen molar-refractivity contribution in [1.29, 1.82) is 0 Å². The Bertz CT molecular complexity index is 653. The molecular weight excluding hydrogens is 292 g/mol. The third-order valence-corrected chi connectivity index (χ3v) is 4.03. The fourth-order valence-corrected chi connectivity index (χ4v) is 2.97. The summed E-state index contributed by atoms with van der Waals surface area (Å²) in [6.45, 7) is -0.217. The Morgan fingerprint density at radius 2 is 2.00 bits per heavy atom. The molecule has 0 fully saturated rings. The molecule has 118 valence electrons. The first-order valence-corrected chi connectivity index (χ1v) is 7.11. The van der Waals surface area contributed by atoms with Crippen molar-refractivity contribution in [2.45, 2.75) is 31.3 Å². The van der Waals surface area contributed by atoms with E-state index in [1.54, 1.807) is 12.1 Å². The van der Waals surface area contributed by atoms with E-state index in [0.717, 1.165) is 6.42 Å². The quantitative estimate of drug-likeness (QED) is 0.640. The van der Waals surface area contributed by atoms with Gasteiger partial charge in [-0.05, 0) is 35.6 Å². The van der Waals surface area contributed by atoms with Crippen LogP contribution in [0.2, 0.25) is 0 Å². The van der Waals surface area contributed by atoms with Gasteiger partial charge in [-0.25, -0.2) is 0 Å². The molecule has 1 atom stereocenters. The number of hydrogen-bond donors (Lipinski definition) is 4. The summed E-state index contributed by atoms with van der Waals surface area (Å²) < 4.78 is 28.8. The number of allylic oxidation sites excluding steroid dienone is 4. The first-order chi connectivity index (χ1) is 10.4. The minimum atomic E-state index is -3.00. The van der Waals surface area contributed by atoms with Crippen molar-refractivity contribution in [3.63, 3.8) is 0 Å². The maximum absolute atomic E-state index is 14.4. The van der Waals surface area contributed by atoms with Crippen LogP contribution in [0.15, 0.2) is 35.9 Å². The number of benzene rings is 1. The molecule has 0 heterocycles. The Morgan fingerprint density at radius 1 is 1.23 bits per heavy atom. The van der Waals surface area contributed by atoms with Crippen LogP contribution in [0.4, 0.5) is 8.78 Å². The summed E-state index contributed by atoms with van der Waals surface area (Å²) in [7, 11) is 0. The second kappa shape index (κ2) is 5.55. The van der Waals surface area contributed by atoms with Gasteiger partial charge in [0, 0.05) is 17.7 Å². The summed E-state index contributed by atoms with van der Waals surface area (Å²) in [5.41, 5.74) is 1.51. The van der Waals surface area contributed by atoms with Crippen molar-refractivity contribution in [3.05, 3.63) is 52.6 Å². The zero-order valence-electron chi connectivity index (χ0n) is 11.8. The highest BCUT2D eigenvalue weighted by molar-refractivity contribution is 5.82. The van der Waals surface area contributed by atoms with E-state index >= 15 is 0 Å². The molecule has 1 unspecified atom stereocenters. The van der Waals surface area contributed by atoms with Gasteiger partial charge >= 0.3 is 0 Å². The highest BCUT2D eigenvalue weighted by Crippen LogP contribution is 2.52. The molecule has 6 heteroatoms. The van der Waals surface area contributed by atoms with Gasteiger partial charge in [0.2, 0.25) is 0 Å². The molecule has 0 aromatic heterocycles. The number of aliphatic hydroxyl groups excluding tert-OH is 2. The van der Waals surface area contributed by atoms with E-state index in [2.05, 4.69) is 5.32 Å². The molecule has 4 N–H and O–H groups in total. The lowest BCUT2D eigenvalue weighted by Gasteiger charge is -2.17. The van der Waals surface area contributed by atoms with E-state index in [-0.39, 0.29) is 17.7 Å². The van der Waals surface area contributed by atoms with Gasteiger partial charge in [-0.3, -0.25) is 5.32 Å². The largest absolute Gasteiger partial charge is 0.374 e. The van der Waals surface area contributed by atoms with Gasteiger partial charge in [0.05, 0.1) is 0 Å². The summed E-state index contributed by atoms with van der Waals surface area (Å²) in [6.07, 6.45) is 1.76. The SMILES string of the molecule is OC(O)CNC(O)c1ccc2c(c1)C1=C(C=CCC1)C2(F)F. The molecule has 1 aromatic carbocycles. The molecule has 0 amide bonds. The van der Waals surface area contributed by atoms with Crippen molar-refractivity contribution in [3.8, 4) is 0 Å². The summed E-state index contributed by atoms with van der Waals surface area (Å²) in [6, 6.07) is 4.31. The lowest BCUT2D eigenvalue weighted by molar-refractivity contribution is -0.0468. The van der Waals surface area contributed by atoms with E-state index in [1.807, 2.05) is 0 Å².